The van der Waals surface area contributed by atoms with Gasteiger partial charge in [-0.15, -0.1) is 0 Å². The van der Waals surface area contributed by atoms with Crippen LogP contribution in [0, 0.1) is 31.6 Å². The van der Waals surface area contributed by atoms with Gasteiger partial charge in [-0.05, 0) is 49.9 Å². The topological polar surface area (TPSA) is 31.4 Å². The molecule has 2 aromatic rings. The Bertz CT molecular complexity index is 589. The number of ether oxygens (including phenoxy) is 2. The maximum atomic E-state index is 5.38. The minimum atomic E-state index is 0.754. The Kier molecular flexibility index (Phi) is 3.28. The summed E-state index contributed by atoms with van der Waals surface area (Å²) in [5.41, 5.74) is 1.75. The molecule has 1 heterocycles. The van der Waals surface area contributed by atoms with Crippen LogP contribution in [0.1, 0.15) is 5.69 Å². The fourth-order valence-electron chi connectivity index (χ4n) is 2.21. The normalized spacial score (nSPS) is 15.9. The average Bonchev–Trinajstić information content (AvgIpc) is 2.99. The van der Waals surface area contributed by atoms with Crippen LogP contribution in [0.3, 0.4) is 0 Å². The number of hydrogen-bond donors (Lipinski definition) is 0. The molecule has 0 N–H and O–H groups in total. The molecule has 1 aliphatic rings. The van der Waals surface area contributed by atoms with Gasteiger partial charge in [-0.25, -0.2) is 4.98 Å². The lowest BCUT2D eigenvalue weighted by Crippen LogP contribution is -2.00. The molecule has 1 fully saturated rings. The molecular formula is C16H14NO2. The van der Waals surface area contributed by atoms with Crippen LogP contribution >= 0.6 is 0 Å². The molecule has 3 heteroatoms. The van der Waals surface area contributed by atoms with E-state index in [1.54, 1.807) is 14.2 Å². The molecule has 0 unspecified atom stereocenters. The molecule has 0 amide bonds. The number of methoxy groups -OCH3 is 2. The molecule has 3 rings (SSSR count). The summed E-state index contributed by atoms with van der Waals surface area (Å²) in [5.74, 6) is 2.66. The van der Waals surface area contributed by atoms with Crippen molar-refractivity contribution in [3.63, 3.8) is 0 Å². The zero-order valence-electron chi connectivity index (χ0n) is 10.9. The van der Waals surface area contributed by atoms with Crippen LogP contribution in [0.5, 0.6) is 11.5 Å². The Morgan fingerprint density at radius 2 is 1.53 bits per heavy atom. The van der Waals surface area contributed by atoms with Crippen LogP contribution in [0.4, 0.5) is 0 Å². The fourth-order valence-corrected chi connectivity index (χ4v) is 2.21. The Balaban J connectivity index is 2.14. The highest BCUT2D eigenvalue weighted by Gasteiger charge is 2.21. The molecule has 1 aromatic heterocycles. The monoisotopic (exact) mass is 252 g/mol. The van der Waals surface area contributed by atoms with Crippen molar-refractivity contribution in [2.45, 2.75) is 0 Å². The summed E-state index contributed by atoms with van der Waals surface area (Å²) in [6.45, 7) is 0. The van der Waals surface area contributed by atoms with Crippen molar-refractivity contribution in [1.82, 2.24) is 4.98 Å². The molecule has 95 valence electrons. The number of aromatic nitrogens is 1. The van der Waals surface area contributed by atoms with Gasteiger partial charge in [-0.1, -0.05) is 0 Å². The molecule has 1 aromatic carbocycles. The molecule has 0 atom stereocenters. The van der Waals surface area contributed by atoms with Gasteiger partial charge in [0.05, 0.1) is 14.2 Å². The highest BCUT2D eigenvalue weighted by Crippen LogP contribution is 2.35. The molecule has 1 aliphatic carbocycles. The summed E-state index contributed by atoms with van der Waals surface area (Å²) in [6.07, 6.45) is 8.09. The minimum Gasteiger partial charge on any atom is -0.496 e. The number of hydrogen-bond acceptors (Lipinski definition) is 3. The van der Waals surface area contributed by atoms with Crippen LogP contribution in [-0.2, 0) is 0 Å². The SMILES string of the molecule is COc1ccc(OC)c2nc([C]3[CH][CH][CH][CH]3)ccc12. The Labute approximate surface area is 113 Å². The summed E-state index contributed by atoms with van der Waals surface area (Å²) >= 11 is 0. The second kappa shape index (κ2) is 5.08. The van der Waals surface area contributed by atoms with E-state index in [1.165, 1.54) is 0 Å². The second-order valence-corrected chi connectivity index (χ2v) is 4.24. The van der Waals surface area contributed by atoms with Crippen LogP contribution in [0.2, 0.25) is 0 Å². The third kappa shape index (κ3) is 2.14. The van der Waals surface area contributed by atoms with Gasteiger partial charge in [0.25, 0.3) is 0 Å². The van der Waals surface area contributed by atoms with Crippen molar-refractivity contribution in [3.8, 4) is 11.5 Å². The summed E-state index contributed by atoms with van der Waals surface area (Å²) < 4.78 is 10.7. The zero-order valence-corrected chi connectivity index (χ0v) is 10.9. The molecule has 1 saturated carbocycles. The van der Waals surface area contributed by atoms with Gasteiger partial charge < -0.3 is 9.47 Å². The molecule has 3 nitrogen and oxygen atoms in total. The lowest BCUT2D eigenvalue weighted by Gasteiger charge is -2.12. The van der Waals surface area contributed by atoms with E-state index in [0.29, 0.717) is 0 Å². The standard InChI is InChI=1S/C16H14NO2/c1-18-14-9-10-15(19-2)16-12(14)7-8-13(17-16)11-5-3-4-6-11/h3-10H,1-2H3. The van der Waals surface area contributed by atoms with Crippen LogP contribution < -0.4 is 9.47 Å². The van der Waals surface area contributed by atoms with E-state index in [9.17, 15) is 0 Å². The first kappa shape index (κ1) is 12.3. The summed E-state index contributed by atoms with van der Waals surface area (Å²) in [6, 6.07) is 7.79. The number of nitrogens with zero attached hydrogens (tertiary/aromatic N) is 1. The first-order valence-corrected chi connectivity index (χ1v) is 6.07. The van der Waals surface area contributed by atoms with Crippen LogP contribution in [0.25, 0.3) is 10.9 Å². The van der Waals surface area contributed by atoms with Crippen molar-refractivity contribution >= 4 is 10.9 Å². The van der Waals surface area contributed by atoms with Gasteiger partial charge in [-0.2, -0.15) is 0 Å². The summed E-state index contributed by atoms with van der Waals surface area (Å²) in [7, 11) is 3.31. The van der Waals surface area contributed by atoms with E-state index in [4.69, 9.17) is 14.5 Å². The number of pyridine rings is 1. The Hall–Kier alpha value is -1.77. The van der Waals surface area contributed by atoms with Gasteiger partial charge in [0, 0.05) is 17.0 Å². The van der Waals surface area contributed by atoms with Crippen LogP contribution in [-0.4, -0.2) is 19.2 Å². The summed E-state index contributed by atoms with van der Waals surface area (Å²) in [4.78, 5) is 4.69. The quantitative estimate of drug-likeness (QED) is 0.841. The average molecular weight is 252 g/mol. The van der Waals surface area contributed by atoms with Crippen molar-refractivity contribution in [3.05, 3.63) is 61.6 Å². The molecule has 0 saturated heterocycles. The van der Waals surface area contributed by atoms with Crippen molar-refractivity contribution in [2.75, 3.05) is 14.2 Å². The maximum Gasteiger partial charge on any atom is 0.145 e. The highest BCUT2D eigenvalue weighted by atomic mass is 16.5. The predicted molar refractivity (Wildman–Crippen MR) is 74.4 cm³/mol. The largest absolute Gasteiger partial charge is 0.496 e. The number of rotatable bonds is 3. The fraction of sp³-hybridized carbons (Fsp3) is 0.125. The van der Waals surface area contributed by atoms with Crippen molar-refractivity contribution < 1.29 is 9.47 Å². The highest BCUT2D eigenvalue weighted by molar-refractivity contribution is 5.90. The second-order valence-electron chi connectivity index (χ2n) is 4.24. The van der Waals surface area contributed by atoms with E-state index in [1.807, 2.05) is 49.9 Å². The van der Waals surface area contributed by atoms with E-state index in [0.717, 1.165) is 34.0 Å². The first-order chi connectivity index (χ1) is 9.33. The van der Waals surface area contributed by atoms with Gasteiger partial charge in [0.15, 0.2) is 0 Å². The van der Waals surface area contributed by atoms with Gasteiger partial charge in [0.1, 0.15) is 17.0 Å². The summed E-state index contributed by atoms with van der Waals surface area (Å²) in [5, 5.41) is 0.956. The molecule has 0 aliphatic heterocycles. The minimum absolute atomic E-state index is 0.754. The number of benzene rings is 1. The third-order valence-corrected chi connectivity index (χ3v) is 3.18. The Morgan fingerprint density at radius 1 is 0.842 bits per heavy atom. The first-order valence-electron chi connectivity index (χ1n) is 6.07. The molecule has 5 radical (unpaired) electrons. The maximum absolute atomic E-state index is 5.38. The molecule has 0 bridgehead atoms. The molecule has 0 spiro atoms. The Morgan fingerprint density at radius 3 is 2.21 bits per heavy atom. The van der Waals surface area contributed by atoms with E-state index < -0.39 is 0 Å². The van der Waals surface area contributed by atoms with Crippen molar-refractivity contribution in [1.29, 1.82) is 0 Å². The van der Waals surface area contributed by atoms with E-state index >= 15 is 0 Å². The van der Waals surface area contributed by atoms with Gasteiger partial charge in [-0.3, -0.25) is 0 Å². The smallest absolute Gasteiger partial charge is 0.145 e. The third-order valence-electron chi connectivity index (χ3n) is 3.18. The van der Waals surface area contributed by atoms with E-state index in [2.05, 4.69) is 0 Å². The van der Waals surface area contributed by atoms with Crippen molar-refractivity contribution in [2.24, 2.45) is 0 Å². The molecule has 19 heavy (non-hydrogen) atoms. The lowest BCUT2D eigenvalue weighted by atomic mass is 10.0. The van der Waals surface area contributed by atoms with Gasteiger partial charge >= 0.3 is 0 Å². The zero-order chi connectivity index (χ0) is 13.2. The molecular weight excluding hydrogens is 238 g/mol. The van der Waals surface area contributed by atoms with E-state index in [-0.39, 0.29) is 0 Å². The lowest BCUT2D eigenvalue weighted by molar-refractivity contribution is 0.409. The number of fused-ring (bicyclic) bond motifs is 1. The van der Waals surface area contributed by atoms with Crippen LogP contribution in [0.15, 0.2) is 24.3 Å². The van der Waals surface area contributed by atoms with Gasteiger partial charge in [0.2, 0.25) is 0 Å². The predicted octanol–water partition coefficient (Wildman–Crippen LogP) is 3.01.